The first-order chi connectivity index (χ1) is 14.1. The van der Waals surface area contributed by atoms with Gasteiger partial charge in [-0.15, -0.1) is 27.8 Å². The summed E-state index contributed by atoms with van der Waals surface area (Å²) in [5, 5.41) is 19.1. The minimum atomic E-state index is -0.297. The fourth-order valence-corrected chi connectivity index (χ4v) is 4.26. The zero-order chi connectivity index (χ0) is 20.2. The van der Waals surface area contributed by atoms with Crippen molar-refractivity contribution in [1.82, 2.24) is 30.5 Å². The molecule has 0 aliphatic rings. The minimum Gasteiger partial charge on any atom is -0.351 e. The number of hydrogen-bond donors (Lipinski definition) is 2. The number of tetrazole rings is 1. The van der Waals surface area contributed by atoms with E-state index >= 15 is 0 Å². The summed E-state index contributed by atoms with van der Waals surface area (Å²) in [6, 6.07) is 11.0. The molecule has 2 N–H and O–H groups in total. The highest BCUT2D eigenvalue weighted by molar-refractivity contribution is 7.17. The minimum absolute atomic E-state index is 0.0689. The van der Waals surface area contributed by atoms with Gasteiger partial charge in [0.1, 0.15) is 6.33 Å². The fourth-order valence-electron chi connectivity index (χ4n) is 2.57. The van der Waals surface area contributed by atoms with E-state index in [9.17, 15) is 9.59 Å². The third-order valence-electron chi connectivity index (χ3n) is 3.89. The van der Waals surface area contributed by atoms with Gasteiger partial charge in [-0.05, 0) is 34.7 Å². The number of aromatic nitrogens is 5. The summed E-state index contributed by atoms with van der Waals surface area (Å²) in [6.07, 6.45) is 1.43. The van der Waals surface area contributed by atoms with E-state index in [0.29, 0.717) is 22.9 Å². The Morgan fingerprint density at radius 1 is 1.17 bits per heavy atom. The molecule has 146 valence electrons. The monoisotopic (exact) mass is 425 g/mol. The Balaban J connectivity index is 1.49. The Morgan fingerprint density at radius 3 is 2.83 bits per heavy atom. The van der Waals surface area contributed by atoms with Gasteiger partial charge in [0.25, 0.3) is 5.91 Å². The Hall–Kier alpha value is -3.44. The standard InChI is InChI=1S/C18H15N7O2S2/c1-11(26)19-8-12-6-7-16(29-12)14-9-28-18(21-14)22-17(27)13-4-2-3-5-15(13)25-10-20-23-24-25/h2-7,9-10H,8H2,1H3,(H,19,26)(H,21,22,27). The molecule has 0 bridgehead atoms. The molecule has 0 saturated carbocycles. The molecule has 11 heteroatoms. The normalized spacial score (nSPS) is 10.7. The van der Waals surface area contributed by atoms with E-state index in [1.807, 2.05) is 23.6 Å². The number of nitrogens with zero attached hydrogens (tertiary/aromatic N) is 5. The summed E-state index contributed by atoms with van der Waals surface area (Å²) in [7, 11) is 0. The Kier molecular flexibility index (Phi) is 5.40. The molecule has 0 spiro atoms. The maximum absolute atomic E-state index is 12.8. The van der Waals surface area contributed by atoms with Crippen molar-refractivity contribution >= 4 is 39.6 Å². The second kappa shape index (κ2) is 8.29. The van der Waals surface area contributed by atoms with Gasteiger partial charge in [-0.25, -0.2) is 4.98 Å². The van der Waals surface area contributed by atoms with Gasteiger partial charge in [-0.1, -0.05) is 12.1 Å². The van der Waals surface area contributed by atoms with Crippen LogP contribution in [0.3, 0.4) is 0 Å². The van der Waals surface area contributed by atoms with Gasteiger partial charge in [0, 0.05) is 17.2 Å². The van der Waals surface area contributed by atoms with Crippen molar-refractivity contribution in [2.75, 3.05) is 5.32 Å². The lowest BCUT2D eigenvalue weighted by molar-refractivity contribution is -0.119. The second-order valence-electron chi connectivity index (χ2n) is 5.94. The average molecular weight is 425 g/mol. The van der Waals surface area contributed by atoms with E-state index in [1.165, 1.54) is 29.3 Å². The van der Waals surface area contributed by atoms with E-state index in [2.05, 4.69) is 31.1 Å². The van der Waals surface area contributed by atoms with E-state index in [4.69, 9.17) is 0 Å². The molecule has 1 aromatic carbocycles. The maximum Gasteiger partial charge on any atom is 0.259 e. The molecule has 4 rings (SSSR count). The predicted molar refractivity (Wildman–Crippen MR) is 110 cm³/mol. The van der Waals surface area contributed by atoms with Crippen LogP contribution in [0.4, 0.5) is 5.13 Å². The first-order valence-corrected chi connectivity index (χ1v) is 10.2. The first-order valence-electron chi connectivity index (χ1n) is 8.53. The first kappa shape index (κ1) is 18.9. The molecule has 0 fully saturated rings. The van der Waals surface area contributed by atoms with Crippen LogP contribution in [-0.4, -0.2) is 37.0 Å². The van der Waals surface area contributed by atoms with Crippen LogP contribution in [-0.2, 0) is 11.3 Å². The lowest BCUT2D eigenvalue weighted by Gasteiger charge is -2.07. The number of thiophene rings is 1. The van der Waals surface area contributed by atoms with Crippen molar-refractivity contribution in [3.8, 4) is 16.3 Å². The molecule has 0 radical (unpaired) electrons. The number of anilines is 1. The second-order valence-corrected chi connectivity index (χ2v) is 7.97. The summed E-state index contributed by atoms with van der Waals surface area (Å²) in [4.78, 5) is 30.3. The van der Waals surface area contributed by atoms with E-state index in [-0.39, 0.29) is 11.8 Å². The molecule has 3 aromatic heterocycles. The zero-order valence-corrected chi connectivity index (χ0v) is 16.8. The molecular formula is C18H15N7O2S2. The number of carbonyl (C=O) groups excluding carboxylic acids is 2. The van der Waals surface area contributed by atoms with Crippen LogP contribution in [0.15, 0.2) is 48.1 Å². The zero-order valence-electron chi connectivity index (χ0n) is 15.2. The molecule has 0 aliphatic carbocycles. The quantitative estimate of drug-likeness (QED) is 0.491. The van der Waals surface area contributed by atoms with Crippen LogP contribution < -0.4 is 10.6 Å². The highest BCUT2D eigenvalue weighted by atomic mass is 32.1. The molecule has 0 aliphatic heterocycles. The highest BCUT2D eigenvalue weighted by Gasteiger charge is 2.16. The number of carbonyl (C=O) groups is 2. The Morgan fingerprint density at radius 2 is 2.03 bits per heavy atom. The number of nitrogens with one attached hydrogen (secondary N) is 2. The number of hydrogen-bond acceptors (Lipinski definition) is 8. The number of para-hydroxylation sites is 1. The molecule has 2 amide bonds. The predicted octanol–water partition coefficient (Wildman–Crippen LogP) is 2.74. The molecule has 3 heterocycles. The maximum atomic E-state index is 12.8. The SMILES string of the molecule is CC(=O)NCc1ccc(-c2csc(NC(=O)c3ccccc3-n3cnnn3)n2)s1. The Bertz CT molecular complexity index is 1150. The summed E-state index contributed by atoms with van der Waals surface area (Å²) in [5.74, 6) is -0.366. The van der Waals surface area contributed by atoms with Crippen molar-refractivity contribution in [3.05, 3.63) is 58.5 Å². The topological polar surface area (TPSA) is 115 Å². The molecular weight excluding hydrogens is 410 g/mol. The van der Waals surface area contributed by atoms with E-state index in [0.717, 1.165) is 15.4 Å². The summed E-state index contributed by atoms with van der Waals surface area (Å²) < 4.78 is 1.43. The molecule has 0 saturated heterocycles. The van der Waals surface area contributed by atoms with E-state index < -0.39 is 0 Å². The highest BCUT2D eigenvalue weighted by Crippen LogP contribution is 2.31. The number of benzene rings is 1. The smallest absolute Gasteiger partial charge is 0.259 e. The molecule has 29 heavy (non-hydrogen) atoms. The van der Waals surface area contributed by atoms with Gasteiger partial charge in [0.2, 0.25) is 5.91 Å². The third-order valence-corrected chi connectivity index (χ3v) is 5.76. The van der Waals surface area contributed by atoms with E-state index in [1.54, 1.807) is 29.5 Å². The lowest BCUT2D eigenvalue weighted by Crippen LogP contribution is -2.17. The van der Waals surface area contributed by atoms with Gasteiger partial charge in [-0.2, -0.15) is 4.68 Å². The molecule has 0 atom stereocenters. The Labute approximate surface area is 173 Å². The molecule has 9 nitrogen and oxygen atoms in total. The fraction of sp³-hybridized carbons (Fsp3) is 0.111. The van der Waals surface area contributed by atoms with Gasteiger partial charge in [-0.3, -0.25) is 14.9 Å². The summed E-state index contributed by atoms with van der Waals surface area (Å²) >= 11 is 2.89. The van der Waals surface area contributed by atoms with Gasteiger partial charge in [0.05, 0.1) is 28.4 Å². The van der Waals surface area contributed by atoms with Crippen LogP contribution in [0.25, 0.3) is 16.3 Å². The average Bonchev–Trinajstić information content (AvgIpc) is 3.47. The van der Waals surface area contributed by atoms with Gasteiger partial charge >= 0.3 is 0 Å². The summed E-state index contributed by atoms with van der Waals surface area (Å²) in [6.45, 7) is 1.98. The van der Waals surface area contributed by atoms with Crippen LogP contribution >= 0.6 is 22.7 Å². The van der Waals surface area contributed by atoms with Crippen molar-refractivity contribution in [1.29, 1.82) is 0 Å². The van der Waals surface area contributed by atoms with Crippen molar-refractivity contribution in [3.63, 3.8) is 0 Å². The van der Waals surface area contributed by atoms with Crippen LogP contribution in [0, 0.1) is 0 Å². The molecule has 0 unspecified atom stereocenters. The van der Waals surface area contributed by atoms with Gasteiger partial charge < -0.3 is 5.32 Å². The number of rotatable bonds is 6. The van der Waals surface area contributed by atoms with Crippen molar-refractivity contribution < 1.29 is 9.59 Å². The number of thiazole rings is 1. The number of amides is 2. The van der Waals surface area contributed by atoms with Gasteiger partial charge in [0.15, 0.2) is 5.13 Å². The van der Waals surface area contributed by atoms with Crippen LogP contribution in [0.1, 0.15) is 22.2 Å². The molecule has 4 aromatic rings. The van der Waals surface area contributed by atoms with Crippen LogP contribution in [0.5, 0.6) is 0 Å². The summed E-state index contributed by atoms with van der Waals surface area (Å²) in [5.41, 5.74) is 1.79. The van der Waals surface area contributed by atoms with Crippen molar-refractivity contribution in [2.24, 2.45) is 0 Å². The van der Waals surface area contributed by atoms with Crippen LogP contribution in [0.2, 0.25) is 0 Å². The lowest BCUT2D eigenvalue weighted by atomic mass is 10.1. The largest absolute Gasteiger partial charge is 0.351 e. The van der Waals surface area contributed by atoms with Crippen molar-refractivity contribution in [2.45, 2.75) is 13.5 Å². The third kappa shape index (κ3) is 4.36.